The maximum absolute atomic E-state index is 6.42. The zero-order chi connectivity index (χ0) is 31.9. The number of ether oxygens (including phenoxy) is 1. The summed E-state index contributed by atoms with van der Waals surface area (Å²) in [6.45, 7) is 5.45. The molecule has 0 radical (unpaired) electrons. The maximum Gasteiger partial charge on any atom is 0.127 e. The lowest BCUT2D eigenvalue weighted by Gasteiger charge is -2.11. The van der Waals surface area contributed by atoms with E-state index in [1.54, 1.807) is 0 Å². The largest absolute Gasteiger partial charge is 0.493 e. The van der Waals surface area contributed by atoms with Crippen LogP contribution in [0.4, 0.5) is 0 Å². The highest BCUT2D eigenvalue weighted by atomic mass is 16.5. The quantitative estimate of drug-likeness (QED) is 0.0721. The first-order valence-electron chi connectivity index (χ1n) is 20.5. The van der Waals surface area contributed by atoms with E-state index in [0.29, 0.717) is 0 Å². The minimum Gasteiger partial charge on any atom is -0.493 e. The molecule has 0 atom stereocenters. The topological polar surface area (TPSA) is 9.23 Å². The van der Waals surface area contributed by atoms with Crippen molar-refractivity contribution >= 4 is 0 Å². The molecule has 45 heavy (non-hydrogen) atoms. The minimum absolute atomic E-state index is 0.848. The Morgan fingerprint density at radius 1 is 0.378 bits per heavy atom. The Bertz CT molecular complexity index is 856. The van der Waals surface area contributed by atoms with Gasteiger partial charge in [0.1, 0.15) is 5.75 Å². The standard InChI is InChI=1S/C44H76O/c1-3-5-7-9-11-13-15-17-19-21-23-25-27-29-31-35-41-38-39-42-36-32-33-37-43(44(41)42)45-40-34-30-28-26-24-22-20-18-16-14-12-10-8-6-4-2/h32-33,36-39H,3-31,34-35,40H2,1-2H3. The maximum atomic E-state index is 6.42. The van der Waals surface area contributed by atoms with Gasteiger partial charge in [-0.15, -0.1) is 0 Å². The molecule has 0 heterocycles. The fraction of sp³-hybridized carbons (Fsp3) is 0.773. The summed E-state index contributed by atoms with van der Waals surface area (Å²) in [5.41, 5.74) is 4.19. The molecule has 0 aromatic heterocycles. The summed E-state index contributed by atoms with van der Waals surface area (Å²) in [5, 5.41) is 0. The Balaban J connectivity index is 1.48. The lowest BCUT2D eigenvalue weighted by Crippen LogP contribution is -1.99. The van der Waals surface area contributed by atoms with E-state index in [-0.39, 0.29) is 0 Å². The van der Waals surface area contributed by atoms with Crippen molar-refractivity contribution in [3.8, 4) is 16.9 Å². The van der Waals surface area contributed by atoms with Gasteiger partial charge in [-0.2, -0.15) is 0 Å². The third-order valence-corrected chi connectivity index (χ3v) is 10.0. The molecule has 0 aromatic rings. The number of rotatable bonds is 33. The molecule has 0 amide bonds. The molecule has 2 rings (SSSR count). The highest BCUT2D eigenvalue weighted by Crippen LogP contribution is 2.36. The Morgan fingerprint density at radius 3 is 1.20 bits per heavy atom. The summed E-state index contributed by atoms with van der Waals surface area (Å²) < 4.78 is 6.42. The number of hydrogen-bond acceptors (Lipinski definition) is 1. The van der Waals surface area contributed by atoms with Crippen LogP contribution >= 0.6 is 0 Å². The van der Waals surface area contributed by atoms with E-state index < -0.39 is 0 Å². The van der Waals surface area contributed by atoms with Crippen molar-refractivity contribution in [2.75, 3.05) is 6.61 Å². The van der Waals surface area contributed by atoms with Crippen LogP contribution in [-0.4, -0.2) is 6.61 Å². The van der Waals surface area contributed by atoms with Crippen molar-refractivity contribution in [2.24, 2.45) is 0 Å². The normalized spacial score (nSPS) is 11.5. The molecule has 0 aromatic carbocycles. The first kappa shape index (κ1) is 39.7. The highest BCUT2D eigenvalue weighted by molar-refractivity contribution is 5.76. The third-order valence-electron chi connectivity index (χ3n) is 10.0. The number of aryl methyl sites for hydroxylation is 1. The van der Waals surface area contributed by atoms with Crippen LogP contribution in [0.25, 0.3) is 11.1 Å². The van der Waals surface area contributed by atoms with Gasteiger partial charge in [-0.05, 0) is 36.5 Å². The van der Waals surface area contributed by atoms with Gasteiger partial charge in [0.05, 0.1) is 6.61 Å². The molecule has 1 heteroatoms. The van der Waals surface area contributed by atoms with Crippen molar-refractivity contribution < 1.29 is 4.74 Å². The van der Waals surface area contributed by atoms with Gasteiger partial charge in [0, 0.05) is 5.56 Å². The van der Waals surface area contributed by atoms with Crippen molar-refractivity contribution in [1.82, 2.24) is 0 Å². The summed E-state index contributed by atoms with van der Waals surface area (Å²) in [7, 11) is 0. The van der Waals surface area contributed by atoms with Crippen molar-refractivity contribution in [1.29, 1.82) is 0 Å². The van der Waals surface area contributed by atoms with Crippen LogP contribution in [0.3, 0.4) is 0 Å². The lowest BCUT2D eigenvalue weighted by molar-refractivity contribution is 0.305. The molecule has 0 N–H and O–H groups in total. The monoisotopic (exact) mass is 621 g/mol. The van der Waals surface area contributed by atoms with Crippen LogP contribution in [0, 0.1) is 0 Å². The number of unbranched alkanes of at least 4 members (excludes halogenated alkanes) is 28. The summed E-state index contributed by atoms with van der Waals surface area (Å²) in [4.78, 5) is 0. The van der Waals surface area contributed by atoms with Gasteiger partial charge >= 0.3 is 0 Å². The zero-order valence-electron chi connectivity index (χ0n) is 30.5. The molecule has 0 bridgehead atoms. The van der Waals surface area contributed by atoms with Gasteiger partial charge in [0.15, 0.2) is 0 Å². The number of hydrogen-bond donors (Lipinski definition) is 0. The second-order valence-electron chi connectivity index (χ2n) is 14.3. The average molecular weight is 621 g/mol. The summed E-state index contributed by atoms with van der Waals surface area (Å²) in [5.74, 6) is 1.10. The SMILES string of the molecule is CCCCCCCCCCCCCCCCCOc1ccccc2ccc(CCCCCCCCCCCCCCCCC)c1-2. The predicted octanol–water partition coefficient (Wildman–Crippen LogP) is 15.5. The van der Waals surface area contributed by atoms with E-state index in [1.807, 2.05) is 0 Å². The van der Waals surface area contributed by atoms with Crippen molar-refractivity contribution in [3.63, 3.8) is 0 Å². The van der Waals surface area contributed by atoms with Gasteiger partial charge in [-0.1, -0.05) is 224 Å². The van der Waals surface area contributed by atoms with Gasteiger partial charge in [-0.3, -0.25) is 0 Å². The molecule has 2 aliphatic carbocycles. The second kappa shape index (κ2) is 29.9. The molecular weight excluding hydrogens is 544 g/mol. The molecule has 0 fully saturated rings. The Labute approximate surface area is 282 Å². The van der Waals surface area contributed by atoms with E-state index in [2.05, 4.69) is 50.2 Å². The van der Waals surface area contributed by atoms with Gasteiger partial charge < -0.3 is 4.74 Å². The van der Waals surface area contributed by atoms with Crippen LogP contribution in [0.1, 0.15) is 212 Å². The molecular formula is C44H76O. The summed E-state index contributed by atoms with van der Waals surface area (Å²) in [6, 6.07) is 13.4. The molecule has 1 nitrogen and oxygen atoms in total. The molecule has 0 aliphatic heterocycles. The molecule has 258 valence electrons. The van der Waals surface area contributed by atoms with Gasteiger partial charge in [-0.25, -0.2) is 0 Å². The Kier molecular flexibility index (Phi) is 26.3. The molecule has 0 spiro atoms. The van der Waals surface area contributed by atoms with Crippen LogP contribution in [0.5, 0.6) is 5.75 Å². The van der Waals surface area contributed by atoms with Crippen LogP contribution < -0.4 is 4.74 Å². The predicted molar refractivity (Wildman–Crippen MR) is 202 cm³/mol. The van der Waals surface area contributed by atoms with Crippen LogP contribution in [-0.2, 0) is 6.42 Å². The number of fused-ring (bicyclic) bond motifs is 1. The van der Waals surface area contributed by atoms with E-state index >= 15 is 0 Å². The van der Waals surface area contributed by atoms with Crippen molar-refractivity contribution in [2.45, 2.75) is 213 Å². The minimum atomic E-state index is 0.848. The molecule has 2 aliphatic rings. The zero-order valence-corrected chi connectivity index (χ0v) is 30.5. The van der Waals surface area contributed by atoms with Crippen LogP contribution in [0.15, 0.2) is 36.4 Å². The van der Waals surface area contributed by atoms with E-state index in [9.17, 15) is 0 Å². The average Bonchev–Trinajstić information content (AvgIpc) is 3.34. The first-order valence-corrected chi connectivity index (χ1v) is 20.5. The van der Waals surface area contributed by atoms with Gasteiger partial charge in [0.25, 0.3) is 0 Å². The Hall–Kier alpha value is -1.50. The smallest absolute Gasteiger partial charge is 0.127 e. The Morgan fingerprint density at radius 2 is 0.756 bits per heavy atom. The fourth-order valence-corrected chi connectivity index (χ4v) is 7.04. The van der Waals surface area contributed by atoms with Gasteiger partial charge in [0.2, 0.25) is 0 Å². The van der Waals surface area contributed by atoms with E-state index in [0.717, 1.165) is 12.4 Å². The van der Waals surface area contributed by atoms with E-state index in [4.69, 9.17) is 4.74 Å². The van der Waals surface area contributed by atoms with Crippen LogP contribution in [0.2, 0.25) is 0 Å². The van der Waals surface area contributed by atoms with Crippen molar-refractivity contribution in [3.05, 3.63) is 42.0 Å². The summed E-state index contributed by atoms with van der Waals surface area (Å²) >= 11 is 0. The molecule has 0 unspecified atom stereocenters. The first-order chi connectivity index (χ1) is 22.4. The van der Waals surface area contributed by atoms with E-state index in [1.165, 1.54) is 216 Å². The summed E-state index contributed by atoms with van der Waals surface area (Å²) in [6.07, 6.45) is 43.6. The fourth-order valence-electron chi connectivity index (χ4n) is 7.04. The third kappa shape index (κ3) is 21.1. The lowest BCUT2D eigenvalue weighted by atomic mass is 10.0. The molecule has 0 saturated heterocycles. The highest BCUT2D eigenvalue weighted by Gasteiger charge is 2.14. The molecule has 0 saturated carbocycles. The second-order valence-corrected chi connectivity index (χ2v) is 14.3.